The SMILES string of the molecule is O=C(NC1CC(CC(=O)N2CCCC(O)(C(=O)O)C2)C1)OCC1c2ccccc2-c2ccccc21. The molecule has 2 fully saturated rings. The van der Waals surface area contributed by atoms with E-state index in [0.29, 0.717) is 32.2 Å². The Kier molecular flexibility index (Phi) is 6.23. The van der Waals surface area contributed by atoms with E-state index in [9.17, 15) is 24.6 Å². The zero-order valence-corrected chi connectivity index (χ0v) is 19.5. The molecule has 35 heavy (non-hydrogen) atoms. The molecule has 2 aliphatic carbocycles. The van der Waals surface area contributed by atoms with Crippen molar-refractivity contribution in [2.24, 2.45) is 5.92 Å². The summed E-state index contributed by atoms with van der Waals surface area (Å²) >= 11 is 0. The highest BCUT2D eigenvalue weighted by Gasteiger charge is 2.42. The van der Waals surface area contributed by atoms with Crippen molar-refractivity contribution >= 4 is 18.0 Å². The monoisotopic (exact) mass is 478 g/mol. The van der Waals surface area contributed by atoms with Crippen molar-refractivity contribution in [2.45, 2.75) is 49.7 Å². The molecule has 8 heteroatoms. The minimum atomic E-state index is -1.86. The third-order valence-corrected chi connectivity index (χ3v) is 7.59. The van der Waals surface area contributed by atoms with E-state index >= 15 is 0 Å². The highest BCUT2D eigenvalue weighted by atomic mass is 16.5. The molecule has 3 N–H and O–H groups in total. The van der Waals surface area contributed by atoms with Crippen LogP contribution in [0.5, 0.6) is 0 Å². The third kappa shape index (κ3) is 4.62. The lowest BCUT2D eigenvalue weighted by Crippen LogP contribution is -2.55. The number of ether oxygens (including phenoxy) is 1. The van der Waals surface area contributed by atoms with E-state index in [2.05, 4.69) is 29.6 Å². The molecule has 1 unspecified atom stereocenters. The van der Waals surface area contributed by atoms with E-state index in [1.165, 1.54) is 16.0 Å². The van der Waals surface area contributed by atoms with Crippen LogP contribution in [0, 0.1) is 5.92 Å². The van der Waals surface area contributed by atoms with Crippen LogP contribution in [0.2, 0.25) is 0 Å². The summed E-state index contributed by atoms with van der Waals surface area (Å²) in [4.78, 5) is 37.8. The predicted molar refractivity (Wildman–Crippen MR) is 128 cm³/mol. The number of hydrogen-bond donors (Lipinski definition) is 3. The number of carboxylic acid groups (broad SMARTS) is 1. The maximum Gasteiger partial charge on any atom is 0.407 e. The Hall–Kier alpha value is -3.39. The molecule has 1 atom stereocenters. The van der Waals surface area contributed by atoms with Gasteiger partial charge in [-0.05, 0) is 53.9 Å². The number of hydrogen-bond acceptors (Lipinski definition) is 5. The van der Waals surface area contributed by atoms with Gasteiger partial charge in [0.2, 0.25) is 5.91 Å². The van der Waals surface area contributed by atoms with Gasteiger partial charge in [0.15, 0.2) is 5.60 Å². The molecular weight excluding hydrogens is 448 g/mol. The van der Waals surface area contributed by atoms with Crippen LogP contribution < -0.4 is 5.32 Å². The second-order valence-corrected chi connectivity index (χ2v) is 9.96. The number of β-amino-alcohol motifs (C(OH)–C–C–N with tert-alkyl or cyclic N) is 1. The van der Waals surface area contributed by atoms with Crippen LogP contribution >= 0.6 is 0 Å². The lowest BCUT2D eigenvalue weighted by Gasteiger charge is -2.39. The van der Waals surface area contributed by atoms with Crippen molar-refractivity contribution in [3.63, 3.8) is 0 Å². The van der Waals surface area contributed by atoms with Crippen LogP contribution in [-0.2, 0) is 14.3 Å². The van der Waals surface area contributed by atoms with E-state index in [1.807, 2.05) is 24.3 Å². The van der Waals surface area contributed by atoms with Crippen molar-refractivity contribution in [1.29, 1.82) is 0 Å². The minimum absolute atomic E-state index is 0.00824. The van der Waals surface area contributed by atoms with Crippen LogP contribution in [0.1, 0.15) is 49.1 Å². The largest absolute Gasteiger partial charge is 0.479 e. The molecule has 1 aliphatic heterocycles. The number of alkyl carbamates (subject to hydrolysis) is 1. The minimum Gasteiger partial charge on any atom is -0.479 e. The van der Waals surface area contributed by atoms with E-state index in [0.717, 1.165) is 11.1 Å². The summed E-state index contributed by atoms with van der Waals surface area (Å²) in [6.07, 6.45) is 1.80. The lowest BCUT2D eigenvalue weighted by atomic mass is 9.78. The van der Waals surface area contributed by atoms with Crippen LogP contribution in [-0.4, -0.2) is 64.4 Å². The quantitative estimate of drug-likeness (QED) is 0.588. The molecule has 8 nitrogen and oxygen atoms in total. The average molecular weight is 479 g/mol. The predicted octanol–water partition coefficient (Wildman–Crippen LogP) is 3.13. The number of aliphatic carboxylic acids is 1. The maximum absolute atomic E-state index is 12.6. The number of aliphatic hydroxyl groups is 1. The molecule has 1 saturated heterocycles. The number of benzene rings is 2. The lowest BCUT2D eigenvalue weighted by molar-refractivity contribution is -0.166. The molecule has 0 bridgehead atoms. The maximum atomic E-state index is 12.6. The van der Waals surface area contributed by atoms with Crippen molar-refractivity contribution in [2.75, 3.05) is 19.7 Å². The van der Waals surface area contributed by atoms with Gasteiger partial charge in [0.25, 0.3) is 0 Å². The number of amides is 2. The van der Waals surface area contributed by atoms with Gasteiger partial charge >= 0.3 is 12.1 Å². The fourth-order valence-electron chi connectivity index (χ4n) is 5.63. The Morgan fingerprint density at radius 1 is 1.03 bits per heavy atom. The Bertz CT molecular complexity index is 1100. The fourth-order valence-corrected chi connectivity index (χ4v) is 5.63. The van der Waals surface area contributed by atoms with Gasteiger partial charge in [-0.2, -0.15) is 0 Å². The third-order valence-electron chi connectivity index (χ3n) is 7.59. The second-order valence-electron chi connectivity index (χ2n) is 9.96. The summed E-state index contributed by atoms with van der Waals surface area (Å²) < 4.78 is 5.59. The molecule has 2 amide bonds. The first-order valence-electron chi connectivity index (χ1n) is 12.2. The molecule has 5 rings (SSSR count). The van der Waals surface area contributed by atoms with E-state index in [-0.39, 0.29) is 43.4 Å². The number of nitrogens with zero attached hydrogens (tertiary/aromatic N) is 1. The summed E-state index contributed by atoms with van der Waals surface area (Å²) in [6.45, 7) is 0.549. The Balaban J connectivity index is 1.08. The molecular formula is C27H30N2O6. The standard InChI is InChI=1S/C27H30N2O6/c30-24(29-11-5-10-27(34,16-29)25(31)32)14-17-12-18(13-17)28-26(33)35-15-23-21-8-3-1-6-19(21)20-7-2-4-9-22(20)23/h1-4,6-9,17-18,23,34H,5,10-16H2,(H,28,33)(H,31,32). The van der Waals surface area contributed by atoms with E-state index in [4.69, 9.17) is 4.74 Å². The van der Waals surface area contributed by atoms with Crippen LogP contribution in [0.4, 0.5) is 4.79 Å². The van der Waals surface area contributed by atoms with Gasteiger partial charge in [-0.3, -0.25) is 4.79 Å². The van der Waals surface area contributed by atoms with Crippen LogP contribution in [0.3, 0.4) is 0 Å². The Morgan fingerprint density at radius 2 is 1.66 bits per heavy atom. The topological polar surface area (TPSA) is 116 Å². The zero-order chi connectivity index (χ0) is 24.6. The van der Waals surface area contributed by atoms with Crippen LogP contribution in [0.15, 0.2) is 48.5 Å². The smallest absolute Gasteiger partial charge is 0.407 e. The molecule has 184 valence electrons. The van der Waals surface area contributed by atoms with Crippen LogP contribution in [0.25, 0.3) is 11.1 Å². The van der Waals surface area contributed by atoms with Gasteiger partial charge < -0.3 is 25.2 Å². The van der Waals surface area contributed by atoms with Crippen molar-refractivity contribution in [3.8, 4) is 11.1 Å². The number of carbonyl (C=O) groups excluding carboxylic acids is 2. The fraction of sp³-hybridized carbons (Fsp3) is 0.444. The summed E-state index contributed by atoms with van der Waals surface area (Å²) in [5.41, 5.74) is 2.83. The highest BCUT2D eigenvalue weighted by Crippen LogP contribution is 2.44. The van der Waals surface area contributed by atoms with Crippen molar-refractivity contribution < 1.29 is 29.3 Å². The average Bonchev–Trinajstić information content (AvgIpc) is 3.15. The molecule has 1 saturated carbocycles. The summed E-state index contributed by atoms with van der Waals surface area (Å²) in [5, 5.41) is 22.3. The molecule has 0 radical (unpaired) electrons. The van der Waals surface area contributed by atoms with E-state index < -0.39 is 17.7 Å². The van der Waals surface area contributed by atoms with Gasteiger partial charge in [-0.1, -0.05) is 48.5 Å². The molecule has 2 aromatic carbocycles. The van der Waals surface area contributed by atoms with Gasteiger partial charge in [0.05, 0.1) is 6.54 Å². The number of carbonyl (C=O) groups is 3. The first-order valence-corrected chi connectivity index (χ1v) is 12.2. The number of fused-ring (bicyclic) bond motifs is 3. The first kappa shape index (κ1) is 23.4. The summed E-state index contributed by atoms with van der Waals surface area (Å²) in [5.74, 6) is -1.30. The van der Waals surface area contributed by atoms with Gasteiger partial charge in [-0.15, -0.1) is 0 Å². The molecule has 2 aromatic rings. The second kappa shape index (κ2) is 9.34. The Labute approximate surface area is 203 Å². The zero-order valence-electron chi connectivity index (χ0n) is 19.5. The summed E-state index contributed by atoms with van der Waals surface area (Å²) in [6, 6.07) is 16.3. The number of likely N-dealkylation sites (tertiary alicyclic amines) is 1. The molecule has 0 spiro atoms. The normalized spacial score (nSPS) is 25.2. The number of carboxylic acids is 1. The number of rotatable bonds is 6. The number of piperidine rings is 1. The number of nitrogens with one attached hydrogen (secondary N) is 1. The van der Waals surface area contributed by atoms with Crippen molar-refractivity contribution in [3.05, 3.63) is 59.7 Å². The Morgan fingerprint density at radius 3 is 2.29 bits per heavy atom. The summed E-state index contributed by atoms with van der Waals surface area (Å²) in [7, 11) is 0. The highest BCUT2D eigenvalue weighted by molar-refractivity contribution is 5.81. The van der Waals surface area contributed by atoms with Gasteiger partial charge in [0, 0.05) is 24.9 Å². The first-order chi connectivity index (χ1) is 16.8. The molecule has 1 heterocycles. The van der Waals surface area contributed by atoms with Crippen molar-refractivity contribution in [1.82, 2.24) is 10.2 Å². The van der Waals surface area contributed by atoms with Gasteiger partial charge in [0.1, 0.15) is 6.61 Å². The molecule has 0 aromatic heterocycles. The van der Waals surface area contributed by atoms with E-state index in [1.54, 1.807) is 0 Å². The molecule has 3 aliphatic rings. The van der Waals surface area contributed by atoms with Gasteiger partial charge in [-0.25, -0.2) is 9.59 Å².